The largest absolute Gasteiger partial charge is 0.298 e. The predicted molar refractivity (Wildman–Crippen MR) is 89.3 cm³/mol. The summed E-state index contributed by atoms with van der Waals surface area (Å²) in [5.74, 6) is 0.667. The highest BCUT2D eigenvalue weighted by atomic mass is 15.2. The summed E-state index contributed by atoms with van der Waals surface area (Å²) >= 11 is 0. The molecule has 1 unspecified atom stereocenters. The Morgan fingerprint density at radius 2 is 1.57 bits per heavy atom. The predicted octanol–water partition coefficient (Wildman–Crippen LogP) is 4.49. The molecule has 0 bridgehead atoms. The second-order valence-electron chi connectivity index (χ2n) is 6.62. The summed E-state index contributed by atoms with van der Waals surface area (Å²) in [5.41, 5.74) is 3.25. The Kier molecular flexibility index (Phi) is 4.12. The lowest BCUT2D eigenvalue weighted by Crippen LogP contribution is -2.35. The standard InChI is InChI=1S/C20H25N/c1-17(2)20(19-11-7-4-8-12-19)13-14-21(16-20)15-18-9-5-3-6-10-18/h3-12,17H,13-16H2,1-2H3. The van der Waals surface area contributed by atoms with Crippen molar-refractivity contribution in [3.8, 4) is 0 Å². The van der Waals surface area contributed by atoms with E-state index in [1.54, 1.807) is 0 Å². The third-order valence-corrected chi connectivity index (χ3v) is 5.08. The fraction of sp³-hybridized carbons (Fsp3) is 0.400. The Labute approximate surface area is 128 Å². The first-order valence-electron chi connectivity index (χ1n) is 8.02. The van der Waals surface area contributed by atoms with E-state index in [9.17, 15) is 0 Å². The van der Waals surface area contributed by atoms with Crippen LogP contribution in [0.2, 0.25) is 0 Å². The van der Waals surface area contributed by atoms with Crippen molar-refractivity contribution in [1.82, 2.24) is 4.90 Å². The normalized spacial score (nSPS) is 22.8. The van der Waals surface area contributed by atoms with Gasteiger partial charge >= 0.3 is 0 Å². The van der Waals surface area contributed by atoms with Crippen molar-refractivity contribution >= 4 is 0 Å². The zero-order valence-corrected chi connectivity index (χ0v) is 13.1. The molecule has 2 aromatic carbocycles. The van der Waals surface area contributed by atoms with Crippen LogP contribution in [0.4, 0.5) is 0 Å². The van der Waals surface area contributed by atoms with Gasteiger partial charge in [0.15, 0.2) is 0 Å². The van der Waals surface area contributed by atoms with Crippen LogP contribution in [0.25, 0.3) is 0 Å². The maximum absolute atomic E-state index is 2.61. The molecule has 1 aliphatic heterocycles. The van der Waals surface area contributed by atoms with Gasteiger partial charge in [0.25, 0.3) is 0 Å². The lowest BCUT2D eigenvalue weighted by atomic mass is 9.71. The van der Waals surface area contributed by atoms with E-state index in [1.807, 2.05) is 0 Å². The Bertz CT molecular complexity index is 561. The summed E-state index contributed by atoms with van der Waals surface area (Å²) in [6, 6.07) is 21.9. The van der Waals surface area contributed by atoms with Crippen molar-refractivity contribution in [3.63, 3.8) is 0 Å². The molecule has 1 fully saturated rings. The van der Waals surface area contributed by atoms with Gasteiger partial charge in [-0.2, -0.15) is 0 Å². The van der Waals surface area contributed by atoms with Crippen molar-refractivity contribution in [2.75, 3.05) is 13.1 Å². The topological polar surface area (TPSA) is 3.24 Å². The molecular formula is C20H25N. The van der Waals surface area contributed by atoms with Gasteiger partial charge in [0, 0.05) is 18.5 Å². The van der Waals surface area contributed by atoms with Crippen molar-refractivity contribution < 1.29 is 0 Å². The summed E-state index contributed by atoms with van der Waals surface area (Å²) in [6.45, 7) is 8.19. The van der Waals surface area contributed by atoms with Crippen molar-refractivity contribution in [3.05, 3.63) is 71.8 Å². The monoisotopic (exact) mass is 279 g/mol. The molecule has 1 nitrogen and oxygen atoms in total. The fourth-order valence-electron chi connectivity index (χ4n) is 3.70. The molecular weight excluding hydrogens is 254 g/mol. The molecule has 1 saturated heterocycles. The second-order valence-corrected chi connectivity index (χ2v) is 6.62. The molecule has 1 atom stereocenters. The summed E-state index contributed by atoms with van der Waals surface area (Å²) in [4.78, 5) is 2.61. The molecule has 1 aliphatic rings. The summed E-state index contributed by atoms with van der Waals surface area (Å²) in [7, 11) is 0. The number of nitrogens with zero attached hydrogens (tertiary/aromatic N) is 1. The van der Waals surface area contributed by atoms with E-state index < -0.39 is 0 Å². The SMILES string of the molecule is CC(C)C1(c2ccccc2)CCN(Cc2ccccc2)C1. The minimum Gasteiger partial charge on any atom is -0.298 e. The number of hydrogen-bond acceptors (Lipinski definition) is 1. The Balaban J connectivity index is 1.79. The lowest BCUT2D eigenvalue weighted by Gasteiger charge is -2.34. The molecule has 0 radical (unpaired) electrons. The molecule has 0 aliphatic carbocycles. The second kappa shape index (κ2) is 6.03. The first kappa shape index (κ1) is 14.3. The smallest absolute Gasteiger partial charge is 0.0234 e. The third-order valence-electron chi connectivity index (χ3n) is 5.08. The van der Waals surface area contributed by atoms with Gasteiger partial charge in [-0.3, -0.25) is 4.90 Å². The van der Waals surface area contributed by atoms with Gasteiger partial charge in [0.1, 0.15) is 0 Å². The van der Waals surface area contributed by atoms with E-state index >= 15 is 0 Å². The number of hydrogen-bond donors (Lipinski definition) is 0. The first-order valence-corrected chi connectivity index (χ1v) is 8.02. The van der Waals surface area contributed by atoms with Gasteiger partial charge in [-0.05, 0) is 30.0 Å². The van der Waals surface area contributed by atoms with Crippen LogP contribution in [0, 0.1) is 5.92 Å². The van der Waals surface area contributed by atoms with E-state index in [2.05, 4.69) is 79.4 Å². The van der Waals surface area contributed by atoms with E-state index in [1.165, 1.54) is 30.6 Å². The average molecular weight is 279 g/mol. The van der Waals surface area contributed by atoms with Crippen LogP contribution >= 0.6 is 0 Å². The van der Waals surface area contributed by atoms with Gasteiger partial charge in [0.2, 0.25) is 0 Å². The molecule has 2 aromatic rings. The van der Waals surface area contributed by atoms with Gasteiger partial charge in [-0.15, -0.1) is 0 Å². The highest BCUT2D eigenvalue weighted by molar-refractivity contribution is 5.29. The highest BCUT2D eigenvalue weighted by Gasteiger charge is 2.41. The van der Waals surface area contributed by atoms with Crippen LogP contribution in [0.15, 0.2) is 60.7 Å². The minimum atomic E-state index is 0.316. The van der Waals surface area contributed by atoms with Gasteiger partial charge < -0.3 is 0 Å². The van der Waals surface area contributed by atoms with Crippen molar-refractivity contribution in [2.45, 2.75) is 32.2 Å². The fourth-order valence-corrected chi connectivity index (χ4v) is 3.70. The maximum atomic E-state index is 2.61. The van der Waals surface area contributed by atoms with E-state index in [0.29, 0.717) is 11.3 Å². The molecule has 0 saturated carbocycles. The Morgan fingerprint density at radius 3 is 2.19 bits per heavy atom. The van der Waals surface area contributed by atoms with E-state index in [0.717, 1.165) is 6.54 Å². The van der Waals surface area contributed by atoms with Gasteiger partial charge in [0.05, 0.1) is 0 Å². The average Bonchev–Trinajstić information content (AvgIpc) is 2.94. The maximum Gasteiger partial charge on any atom is 0.0234 e. The molecule has 0 amide bonds. The van der Waals surface area contributed by atoms with Gasteiger partial charge in [-0.25, -0.2) is 0 Å². The minimum absolute atomic E-state index is 0.316. The number of benzene rings is 2. The number of likely N-dealkylation sites (tertiary alicyclic amines) is 1. The zero-order valence-electron chi connectivity index (χ0n) is 13.1. The quantitative estimate of drug-likeness (QED) is 0.797. The van der Waals surface area contributed by atoms with Crippen LogP contribution in [0.3, 0.4) is 0 Å². The van der Waals surface area contributed by atoms with Crippen LogP contribution in [-0.4, -0.2) is 18.0 Å². The summed E-state index contributed by atoms with van der Waals surface area (Å²) in [6.07, 6.45) is 1.27. The van der Waals surface area contributed by atoms with Crippen LogP contribution in [-0.2, 0) is 12.0 Å². The molecule has 3 rings (SSSR count). The van der Waals surface area contributed by atoms with E-state index in [-0.39, 0.29) is 0 Å². The summed E-state index contributed by atoms with van der Waals surface area (Å²) in [5, 5.41) is 0. The molecule has 1 heterocycles. The molecule has 0 N–H and O–H groups in total. The molecule has 0 spiro atoms. The Morgan fingerprint density at radius 1 is 0.952 bits per heavy atom. The van der Waals surface area contributed by atoms with Crippen LogP contribution in [0.1, 0.15) is 31.4 Å². The van der Waals surface area contributed by atoms with Crippen LogP contribution < -0.4 is 0 Å². The lowest BCUT2D eigenvalue weighted by molar-refractivity contribution is 0.264. The highest BCUT2D eigenvalue weighted by Crippen LogP contribution is 2.41. The molecule has 21 heavy (non-hydrogen) atoms. The molecule has 1 heteroatoms. The van der Waals surface area contributed by atoms with Crippen molar-refractivity contribution in [1.29, 1.82) is 0 Å². The number of rotatable bonds is 4. The Hall–Kier alpha value is -1.60. The van der Waals surface area contributed by atoms with Gasteiger partial charge in [-0.1, -0.05) is 74.5 Å². The molecule has 0 aromatic heterocycles. The molecule has 110 valence electrons. The first-order chi connectivity index (χ1) is 10.2. The van der Waals surface area contributed by atoms with Crippen LogP contribution in [0.5, 0.6) is 0 Å². The van der Waals surface area contributed by atoms with E-state index in [4.69, 9.17) is 0 Å². The third kappa shape index (κ3) is 2.89. The zero-order chi connectivity index (χ0) is 14.7. The van der Waals surface area contributed by atoms with Crippen molar-refractivity contribution in [2.24, 2.45) is 5.92 Å². The summed E-state index contributed by atoms with van der Waals surface area (Å²) < 4.78 is 0.